The molecule has 1 aromatic heterocycles. The molecule has 0 spiro atoms. The van der Waals surface area contributed by atoms with Crippen molar-refractivity contribution in [1.29, 1.82) is 0 Å². The summed E-state index contributed by atoms with van der Waals surface area (Å²) in [5, 5.41) is 10.6. The van der Waals surface area contributed by atoms with Gasteiger partial charge in [0.2, 0.25) is 11.0 Å². The van der Waals surface area contributed by atoms with E-state index >= 15 is 0 Å². The largest absolute Gasteiger partial charge is 0.489 e. The van der Waals surface area contributed by atoms with E-state index in [-0.39, 0.29) is 11.2 Å². The van der Waals surface area contributed by atoms with E-state index in [0.29, 0.717) is 21.8 Å². The number of nitrogens with two attached hydrogens (primary N) is 1. The summed E-state index contributed by atoms with van der Waals surface area (Å²) in [6.07, 6.45) is 0. The van der Waals surface area contributed by atoms with Crippen molar-refractivity contribution in [3.8, 4) is 5.75 Å². The van der Waals surface area contributed by atoms with Crippen LogP contribution in [0.5, 0.6) is 5.75 Å². The Kier molecular flexibility index (Phi) is 6.08. The summed E-state index contributed by atoms with van der Waals surface area (Å²) >= 11 is 2.60. The molecule has 0 fully saturated rings. The van der Waals surface area contributed by atoms with E-state index in [1.165, 1.54) is 23.1 Å². The van der Waals surface area contributed by atoms with E-state index in [4.69, 9.17) is 10.5 Å². The average molecular weight is 387 g/mol. The Morgan fingerprint density at radius 2 is 1.92 bits per heavy atom. The fourth-order valence-corrected chi connectivity index (χ4v) is 3.87. The molecule has 3 aromatic rings. The molecule has 1 amide bonds. The maximum Gasteiger partial charge on any atom is 0.237 e. The molecule has 26 heavy (non-hydrogen) atoms. The predicted molar refractivity (Wildman–Crippen MR) is 105 cm³/mol. The lowest BCUT2D eigenvalue weighted by Gasteiger charge is -2.11. The molecule has 0 aliphatic heterocycles. The molecule has 0 saturated carbocycles. The molecule has 0 saturated heterocycles. The molecule has 1 atom stereocenters. The van der Waals surface area contributed by atoms with Crippen LogP contribution >= 0.6 is 23.1 Å². The van der Waals surface area contributed by atoms with E-state index in [1.807, 2.05) is 61.5 Å². The van der Waals surface area contributed by atoms with Gasteiger partial charge in [0.25, 0.3) is 0 Å². The third-order valence-corrected chi connectivity index (χ3v) is 5.38. The van der Waals surface area contributed by atoms with Crippen molar-refractivity contribution in [3.63, 3.8) is 0 Å². The van der Waals surface area contributed by atoms with E-state index in [9.17, 15) is 4.79 Å². The van der Waals surface area contributed by atoms with Crippen LogP contribution in [0.3, 0.4) is 0 Å². The molecule has 3 N–H and O–H groups in total. The molecule has 2 aromatic carbocycles. The highest BCUT2D eigenvalue weighted by atomic mass is 32.2. The van der Waals surface area contributed by atoms with Crippen molar-refractivity contribution in [1.82, 2.24) is 10.2 Å². The summed E-state index contributed by atoms with van der Waals surface area (Å²) in [6.45, 7) is 2.32. The van der Waals surface area contributed by atoms with Crippen LogP contribution in [0.1, 0.15) is 12.5 Å². The first kappa shape index (κ1) is 18.2. The molecule has 0 aliphatic rings. The Morgan fingerprint density at radius 1 is 1.19 bits per heavy atom. The Labute approximate surface area is 159 Å². The van der Waals surface area contributed by atoms with Crippen molar-refractivity contribution in [3.05, 3.63) is 60.2 Å². The molecule has 0 bridgehead atoms. The van der Waals surface area contributed by atoms with E-state index in [0.717, 1.165) is 11.3 Å². The van der Waals surface area contributed by atoms with E-state index < -0.39 is 0 Å². The molecule has 6 nitrogen and oxygen atoms in total. The number of ether oxygens (including phenoxy) is 1. The topological polar surface area (TPSA) is 90.1 Å². The quantitative estimate of drug-likeness (QED) is 0.600. The zero-order valence-corrected chi connectivity index (χ0v) is 15.7. The second-order valence-electron chi connectivity index (χ2n) is 5.45. The molecule has 1 heterocycles. The van der Waals surface area contributed by atoms with Crippen LogP contribution in [-0.4, -0.2) is 21.4 Å². The number of thioether (sulfide) groups is 1. The van der Waals surface area contributed by atoms with Gasteiger partial charge in [0.15, 0.2) is 4.34 Å². The minimum absolute atomic E-state index is 0.110. The Hall–Kier alpha value is -2.58. The third kappa shape index (κ3) is 5.21. The van der Waals surface area contributed by atoms with Crippen LogP contribution in [0.2, 0.25) is 0 Å². The first-order valence-electron chi connectivity index (χ1n) is 7.93. The van der Waals surface area contributed by atoms with Gasteiger partial charge >= 0.3 is 0 Å². The standard InChI is InChI=1S/C18H18N4O2S2/c1-12(25-18-22-21-17(19)26-18)16(23)20-14-7-9-15(10-8-14)24-11-13-5-3-2-4-6-13/h2-10,12H,11H2,1H3,(H2,19,21)(H,20,23). The van der Waals surface area contributed by atoms with Gasteiger partial charge in [-0.25, -0.2) is 0 Å². The number of carbonyl (C=O) groups excluding carboxylic acids is 1. The normalized spacial score (nSPS) is 11.7. The first-order chi connectivity index (χ1) is 12.6. The van der Waals surface area contributed by atoms with Crippen LogP contribution in [0.25, 0.3) is 0 Å². The van der Waals surface area contributed by atoms with Crippen molar-refractivity contribution in [2.75, 3.05) is 11.1 Å². The van der Waals surface area contributed by atoms with Gasteiger partial charge in [-0.2, -0.15) is 0 Å². The van der Waals surface area contributed by atoms with Crippen LogP contribution < -0.4 is 15.8 Å². The molecule has 3 rings (SSSR count). The van der Waals surface area contributed by atoms with Gasteiger partial charge in [0.05, 0.1) is 5.25 Å². The van der Waals surface area contributed by atoms with Gasteiger partial charge in [-0.3, -0.25) is 4.79 Å². The monoisotopic (exact) mass is 386 g/mol. The maximum atomic E-state index is 12.3. The molecule has 8 heteroatoms. The smallest absolute Gasteiger partial charge is 0.237 e. The number of rotatable bonds is 7. The van der Waals surface area contributed by atoms with Crippen molar-refractivity contribution in [2.24, 2.45) is 0 Å². The number of carbonyl (C=O) groups is 1. The number of anilines is 2. The highest BCUT2D eigenvalue weighted by Gasteiger charge is 2.17. The summed E-state index contributed by atoms with van der Waals surface area (Å²) in [5.41, 5.74) is 7.37. The Bertz CT molecular complexity index is 853. The van der Waals surface area contributed by atoms with Gasteiger partial charge in [0, 0.05) is 5.69 Å². The fraction of sp³-hybridized carbons (Fsp3) is 0.167. The van der Waals surface area contributed by atoms with Crippen molar-refractivity contribution in [2.45, 2.75) is 23.1 Å². The van der Waals surface area contributed by atoms with Crippen LogP contribution in [0.4, 0.5) is 10.8 Å². The van der Waals surface area contributed by atoms with E-state index in [1.54, 1.807) is 0 Å². The fourth-order valence-electron chi connectivity index (χ4n) is 2.09. The van der Waals surface area contributed by atoms with Gasteiger partial charge in [-0.05, 0) is 36.8 Å². The summed E-state index contributed by atoms with van der Waals surface area (Å²) in [7, 11) is 0. The van der Waals surface area contributed by atoms with Crippen LogP contribution in [0, 0.1) is 0 Å². The number of nitrogens with zero attached hydrogens (tertiary/aromatic N) is 2. The van der Waals surface area contributed by atoms with Gasteiger partial charge in [-0.1, -0.05) is 53.4 Å². The molecule has 0 radical (unpaired) electrons. The van der Waals surface area contributed by atoms with Crippen LogP contribution in [0.15, 0.2) is 58.9 Å². The summed E-state index contributed by atoms with van der Waals surface area (Å²) in [5.74, 6) is 0.639. The summed E-state index contributed by atoms with van der Waals surface area (Å²) in [6, 6.07) is 17.3. The second kappa shape index (κ2) is 8.68. The van der Waals surface area contributed by atoms with E-state index in [2.05, 4.69) is 15.5 Å². The third-order valence-electron chi connectivity index (χ3n) is 3.44. The predicted octanol–water partition coefficient (Wildman–Crippen LogP) is 3.82. The van der Waals surface area contributed by atoms with Gasteiger partial charge in [-0.15, -0.1) is 10.2 Å². The number of amides is 1. The lowest BCUT2D eigenvalue weighted by molar-refractivity contribution is -0.115. The lowest BCUT2D eigenvalue weighted by atomic mass is 10.2. The lowest BCUT2D eigenvalue weighted by Crippen LogP contribution is -2.22. The first-order valence-corrected chi connectivity index (χ1v) is 9.63. The highest BCUT2D eigenvalue weighted by molar-refractivity contribution is 8.02. The highest BCUT2D eigenvalue weighted by Crippen LogP contribution is 2.28. The minimum Gasteiger partial charge on any atom is -0.489 e. The Morgan fingerprint density at radius 3 is 2.58 bits per heavy atom. The summed E-state index contributed by atoms with van der Waals surface area (Å²) in [4.78, 5) is 12.3. The summed E-state index contributed by atoms with van der Waals surface area (Å²) < 4.78 is 6.41. The number of hydrogen-bond acceptors (Lipinski definition) is 7. The molecular weight excluding hydrogens is 368 g/mol. The van der Waals surface area contributed by atoms with Crippen molar-refractivity contribution < 1.29 is 9.53 Å². The zero-order valence-electron chi connectivity index (χ0n) is 14.1. The van der Waals surface area contributed by atoms with Crippen molar-refractivity contribution >= 4 is 39.8 Å². The molecule has 0 aliphatic carbocycles. The maximum absolute atomic E-state index is 12.3. The molecule has 134 valence electrons. The number of nitrogen functional groups attached to an aromatic ring is 1. The number of aromatic nitrogens is 2. The zero-order chi connectivity index (χ0) is 18.4. The van der Waals surface area contributed by atoms with Gasteiger partial charge < -0.3 is 15.8 Å². The average Bonchev–Trinajstić information content (AvgIpc) is 3.06. The Balaban J connectivity index is 1.50. The molecule has 1 unspecified atom stereocenters. The minimum atomic E-state index is -0.309. The van der Waals surface area contributed by atoms with Gasteiger partial charge in [0.1, 0.15) is 12.4 Å². The number of nitrogens with one attached hydrogen (secondary N) is 1. The SMILES string of the molecule is CC(Sc1nnc(N)s1)C(=O)Nc1ccc(OCc2ccccc2)cc1. The van der Waals surface area contributed by atoms with Crippen LogP contribution in [-0.2, 0) is 11.4 Å². The number of hydrogen-bond donors (Lipinski definition) is 2. The second-order valence-corrected chi connectivity index (χ2v) is 8.05. The molecular formula is C18H18N4O2S2. The number of benzene rings is 2.